The van der Waals surface area contributed by atoms with Crippen molar-refractivity contribution < 1.29 is 23.9 Å². The predicted octanol–water partition coefficient (Wildman–Crippen LogP) is 2.13. The van der Waals surface area contributed by atoms with E-state index in [4.69, 9.17) is 4.74 Å². The first-order valence-corrected chi connectivity index (χ1v) is 8.83. The molecule has 0 heterocycles. The van der Waals surface area contributed by atoms with Gasteiger partial charge in [-0.25, -0.2) is 0 Å². The van der Waals surface area contributed by atoms with Crippen molar-refractivity contribution in [3.63, 3.8) is 0 Å². The molecule has 0 saturated carbocycles. The molecule has 5 nitrogen and oxygen atoms in total. The molecule has 0 aromatic heterocycles. The highest BCUT2D eigenvalue weighted by Crippen LogP contribution is 2.16. The van der Waals surface area contributed by atoms with Gasteiger partial charge >= 0.3 is 5.97 Å². The summed E-state index contributed by atoms with van der Waals surface area (Å²) in [6.45, 7) is 4.81. The molecule has 0 spiro atoms. The zero-order valence-electron chi connectivity index (χ0n) is 15.6. The average Bonchev–Trinajstić information content (AvgIpc) is 2.38. The number of carbonyl (C=O) groups excluding carboxylic acids is 2. The topological polar surface area (TPSA) is 66.4 Å². The van der Waals surface area contributed by atoms with Crippen LogP contribution in [0.1, 0.15) is 65.2 Å². The second-order valence-corrected chi connectivity index (χ2v) is 7.65. The van der Waals surface area contributed by atoms with Gasteiger partial charge in [-0.2, -0.15) is 0 Å². The molecule has 0 fully saturated rings. The molecule has 0 bridgehead atoms. The van der Waals surface area contributed by atoms with Gasteiger partial charge in [-0.1, -0.05) is 46.0 Å². The third kappa shape index (κ3) is 14.2. The number of quaternary nitrogens is 1. The first-order valence-electron chi connectivity index (χ1n) is 8.83. The number of carboxylic acids is 1. The third-order valence-electron chi connectivity index (χ3n) is 3.84. The minimum absolute atomic E-state index is 0.242. The van der Waals surface area contributed by atoms with Gasteiger partial charge in [-0.3, -0.25) is 4.79 Å². The van der Waals surface area contributed by atoms with Crippen molar-refractivity contribution in [2.75, 3.05) is 27.7 Å². The van der Waals surface area contributed by atoms with Gasteiger partial charge in [-0.15, -0.1) is 0 Å². The monoisotopic (exact) mass is 329 g/mol. The highest BCUT2D eigenvalue weighted by atomic mass is 16.5. The van der Waals surface area contributed by atoms with Crippen LogP contribution >= 0.6 is 0 Å². The van der Waals surface area contributed by atoms with Gasteiger partial charge in [0.25, 0.3) is 0 Å². The number of carboxylic acid groups (broad SMARTS) is 1. The average molecular weight is 329 g/mol. The predicted molar refractivity (Wildman–Crippen MR) is 89.6 cm³/mol. The van der Waals surface area contributed by atoms with E-state index in [1.54, 1.807) is 0 Å². The molecule has 136 valence electrons. The first-order chi connectivity index (χ1) is 10.6. The van der Waals surface area contributed by atoms with E-state index in [1.165, 1.54) is 25.7 Å². The minimum Gasteiger partial charge on any atom is -0.550 e. The molecule has 0 aromatic rings. The lowest BCUT2D eigenvalue weighted by Crippen LogP contribution is -2.45. The van der Waals surface area contributed by atoms with Crippen molar-refractivity contribution in [3.05, 3.63) is 0 Å². The van der Waals surface area contributed by atoms with E-state index in [2.05, 4.69) is 13.8 Å². The Labute approximate surface area is 141 Å². The largest absolute Gasteiger partial charge is 0.550 e. The van der Waals surface area contributed by atoms with Crippen LogP contribution < -0.4 is 5.11 Å². The fourth-order valence-electron chi connectivity index (χ4n) is 2.61. The normalized spacial score (nSPS) is 14.3. The molecule has 0 aliphatic rings. The fourth-order valence-corrected chi connectivity index (χ4v) is 2.61. The SMILES string of the molecule is CCCCCCC(C)CCC(=O)OC(CC(=O)[O-])C[N+](C)(C)C. The highest BCUT2D eigenvalue weighted by Gasteiger charge is 2.22. The highest BCUT2D eigenvalue weighted by molar-refractivity contribution is 5.70. The lowest BCUT2D eigenvalue weighted by molar-refractivity contribution is -0.873. The molecular weight excluding hydrogens is 294 g/mol. The number of aliphatic carboxylic acids is 1. The van der Waals surface area contributed by atoms with Crippen molar-refractivity contribution in [2.24, 2.45) is 5.92 Å². The quantitative estimate of drug-likeness (QED) is 0.295. The van der Waals surface area contributed by atoms with E-state index in [0.717, 1.165) is 12.8 Å². The maximum absolute atomic E-state index is 12.0. The van der Waals surface area contributed by atoms with E-state index in [-0.39, 0.29) is 12.4 Å². The van der Waals surface area contributed by atoms with E-state index in [9.17, 15) is 14.7 Å². The molecule has 0 radical (unpaired) electrons. The summed E-state index contributed by atoms with van der Waals surface area (Å²) >= 11 is 0. The smallest absolute Gasteiger partial charge is 0.306 e. The molecule has 0 N–H and O–H groups in total. The molecule has 0 rings (SSSR count). The van der Waals surface area contributed by atoms with Crippen molar-refractivity contribution in [3.8, 4) is 0 Å². The van der Waals surface area contributed by atoms with Crippen molar-refractivity contribution in [2.45, 2.75) is 71.3 Å². The number of likely N-dealkylation sites (N-methyl/N-ethyl adjacent to an activating group) is 1. The van der Waals surface area contributed by atoms with E-state index in [0.29, 0.717) is 23.4 Å². The van der Waals surface area contributed by atoms with Gasteiger partial charge in [0.2, 0.25) is 0 Å². The summed E-state index contributed by atoms with van der Waals surface area (Å²) in [5.41, 5.74) is 0. The molecule has 23 heavy (non-hydrogen) atoms. The number of unbranched alkanes of at least 4 members (excludes halogenated alkanes) is 3. The van der Waals surface area contributed by atoms with Crippen molar-refractivity contribution in [1.29, 1.82) is 0 Å². The van der Waals surface area contributed by atoms with Crippen molar-refractivity contribution >= 4 is 11.9 Å². The number of hydrogen-bond donors (Lipinski definition) is 0. The molecule has 0 aromatic carbocycles. The summed E-state index contributed by atoms with van der Waals surface area (Å²) in [5.74, 6) is -0.983. The molecule has 0 aliphatic carbocycles. The van der Waals surface area contributed by atoms with Gasteiger partial charge in [0.1, 0.15) is 6.54 Å². The Bertz CT molecular complexity index is 349. The van der Waals surface area contributed by atoms with Crippen LogP contribution in [0, 0.1) is 5.92 Å². The molecule has 2 unspecified atom stereocenters. The van der Waals surface area contributed by atoms with Crippen LogP contribution in [0.25, 0.3) is 0 Å². The van der Waals surface area contributed by atoms with Crippen LogP contribution in [0.3, 0.4) is 0 Å². The lowest BCUT2D eigenvalue weighted by Gasteiger charge is -2.29. The molecule has 0 saturated heterocycles. The van der Waals surface area contributed by atoms with Crippen LogP contribution in [-0.4, -0.2) is 50.2 Å². The summed E-state index contributed by atoms with van der Waals surface area (Å²) < 4.78 is 5.90. The number of carbonyl (C=O) groups is 2. The summed E-state index contributed by atoms with van der Waals surface area (Å²) in [6.07, 6.45) is 6.39. The van der Waals surface area contributed by atoms with Gasteiger partial charge in [0, 0.05) is 18.8 Å². The van der Waals surface area contributed by atoms with Crippen molar-refractivity contribution in [1.82, 2.24) is 0 Å². The third-order valence-corrected chi connectivity index (χ3v) is 3.84. The number of nitrogens with zero attached hydrogens (tertiary/aromatic N) is 1. The second-order valence-electron chi connectivity index (χ2n) is 7.65. The maximum atomic E-state index is 12.0. The zero-order valence-corrected chi connectivity index (χ0v) is 15.6. The Morgan fingerprint density at radius 3 is 2.26 bits per heavy atom. The number of hydrogen-bond acceptors (Lipinski definition) is 4. The molecule has 2 atom stereocenters. The molecule has 0 amide bonds. The fraction of sp³-hybridized carbons (Fsp3) is 0.889. The lowest BCUT2D eigenvalue weighted by atomic mass is 9.98. The van der Waals surface area contributed by atoms with E-state index >= 15 is 0 Å². The summed E-state index contributed by atoms with van der Waals surface area (Å²) in [6, 6.07) is 0. The van der Waals surface area contributed by atoms with E-state index < -0.39 is 12.1 Å². The minimum atomic E-state index is -1.18. The Hall–Kier alpha value is -1.10. The van der Waals surface area contributed by atoms with Gasteiger partial charge in [0.15, 0.2) is 6.10 Å². The van der Waals surface area contributed by atoms with Crippen LogP contribution in [0.15, 0.2) is 0 Å². The Morgan fingerprint density at radius 2 is 1.74 bits per heavy atom. The van der Waals surface area contributed by atoms with Gasteiger partial charge < -0.3 is 19.1 Å². The Morgan fingerprint density at radius 1 is 1.09 bits per heavy atom. The Kier molecular flexibility index (Phi) is 10.9. The van der Waals surface area contributed by atoms with Gasteiger partial charge in [0.05, 0.1) is 21.1 Å². The summed E-state index contributed by atoms with van der Waals surface area (Å²) in [4.78, 5) is 22.8. The zero-order chi connectivity index (χ0) is 17.9. The summed E-state index contributed by atoms with van der Waals surface area (Å²) in [5, 5.41) is 10.8. The van der Waals surface area contributed by atoms with Crippen LogP contribution in [0.5, 0.6) is 0 Å². The van der Waals surface area contributed by atoms with Gasteiger partial charge in [-0.05, 0) is 12.3 Å². The van der Waals surface area contributed by atoms with Crippen LogP contribution in [-0.2, 0) is 14.3 Å². The number of rotatable bonds is 13. The van der Waals surface area contributed by atoms with Crippen LogP contribution in [0.4, 0.5) is 0 Å². The Balaban J connectivity index is 4.13. The molecule has 5 heteroatoms. The standard InChI is InChI=1S/C18H35NO4/c1-6-7-8-9-10-15(2)11-12-18(22)23-16(13-17(20)21)14-19(3,4)5/h15-16H,6-14H2,1-5H3. The number of esters is 1. The second kappa shape index (κ2) is 11.4. The number of ether oxygens (including phenoxy) is 1. The molecule has 0 aliphatic heterocycles. The summed E-state index contributed by atoms with van der Waals surface area (Å²) in [7, 11) is 5.82. The molecular formula is C18H35NO4. The first kappa shape index (κ1) is 21.9. The van der Waals surface area contributed by atoms with Crippen LogP contribution in [0.2, 0.25) is 0 Å². The maximum Gasteiger partial charge on any atom is 0.306 e. The van der Waals surface area contributed by atoms with E-state index in [1.807, 2.05) is 21.1 Å².